The van der Waals surface area contributed by atoms with Gasteiger partial charge in [0.05, 0.1) is 0 Å². The average molecular weight is 301 g/mol. The predicted molar refractivity (Wildman–Crippen MR) is 38.0 cm³/mol. The van der Waals surface area contributed by atoms with Gasteiger partial charge >= 0.3 is 64.7 Å². The molecule has 0 saturated carbocycles. The standard InChI is InChI=1S/C7H7.Bi.H/c1-7-5-3-2-4-6-7;;/h3-6H,1H3;;. The summed E-state index contributed by atoms with van der Waals surface area (Å²) in [6.07, 6.45) is 0. The Morgan fingerprint density at radius 1 is 1.12 bits per heavy atom. The Morgan fingerprint density at radius 2 is 1.62 bits per heavy atom. The van der Waals surface area contributed by atoms with Crippen LogP contribution in [0.25, 0.3) is 0 Å². The van der Waals surface area contributed by atoms with Crippen LogP contribution in [0.2, 0.25) is 0 Å². The molecule has 0 bridgehead atoms. The van der Waals surface area contributed by atoms with Gasteiger partial charge in [0.1, 0.15) is 0 Å². The summed E-state index contributed by atoms with van der Waals surface area (Å²) < 4.78 is 1.47. The molecule has 1 aromatic carbocycles. The predicted octanol–water partition coefficient (Wildman–Crippen LogP) is 0.521. The van der Waals surface area contributed by atoms with Gasteiger partial charge in [-0.15, -0.1) is 0 Å². The van der Waals surface area contributed by atoms with Gasteiger partial charge in [-0.05, 0) is 0 Å². The first-order chi connectivity index (χ1) is 3.79. The normalized spacial score (nSPS) is 9.25. The van der Waals surface area contributed by atoms with E-state index >= 15 is 0 Å². The van der Waals surface area contributed by atoms with Gasteiger partial charge in [0.25, 0.3) is 0 Å². The van der Waals surface area contributed by atoms with Gasteiger partial charge in [-0.25, -0.2) is 0 Å². The fourth-order valence-corrected chi connectivity index (χ4v) is 1.20. The van der Waals surface area contributed by atoms with Crippen molar-refractivity contribution in [1.82, 2.24) is 0 Å². The molecule has 0 aliphatic rings. The summed E-state index contributed by atoms with van der Waals surface area (Å²) in [5.74, 6) is 0. The van der Waals surface area contributed by atoms with Gasteiger partial charge in [0, 0.05) is 0 Å². The summed E-state index contributed by atoms with van der Waals surface area (Å²) in [5, 5.41) is 0. The summed E-state index contributed by atoms with van der Waals surface area (Å²) in [7, 11) is 0. The first-order valence-corrected chi connectivity index (χ1v) is 4.52. The Kier molecular flexibility index (Phi) is 2.02. The minimum absolute atomic E-state index is 1.17. The molecule has 0 aromatic heterocycles. The van der Waals surface area contributed by atoms with Crippen molar-refractivity contribution in [3.8, 4) is 0 Å². The summed E-state index contributed by atoms with van der Waals surface area (Å²) >= 11 is 1.17. The number of benzene rings is 1. The molecular formula is C7H8Bi. The molecular weight excluding hydrogens is 293 g/mol. The van der Waals surface area contributed by atoms with Gasteiger partial charge < -0.3 is 0 Å². The molecule has 0 unspecified atom stereocenters. The zero-order valence-corrected chi connectivity index (χ0v) is 8.70. The van der Waals surface area contributed by atoms with Crippen LogP contribution in [0.3, 0.4) is 0 Å². The molecule has 0 spiro atoms. The fraction of sp³-hybridized carbons (Fsp3) is 0.143. The summed E-state index contributed by atoms with van der Waals surface area (Å²) in [6.45, 7) is 2.11. The summed E-state index contributed by atoms with van der Waals surface area (Å²) in [4.78, 5) is 0. The van der Waals surface area contributed by atoms with Gasteiger partial charge in [-0.2, -0.15) is 0 Å². The molecule has 0 fully saturated rings. The topological polar surface area (TPSA) is 0 Å². The summed E-state index contributed by atoms with van der Waals surface area (Å²) in [6, 6.07) is 8.67. The molecule has 0 aliphatic heterocycles. The second kappa shape index (κ2) is 2.59. The Hall–Kier alpha value is 0.103. The third kappa shape index (κ3) is 1.56. The van der Waals surface area contributed by atoms with E-state index in [9.17, 15) is 0 Å². The molecule has 0 nitrogen and oxygen atoms in total. The molecule has 0 atom stereocenters. The second-order valence-electron chi connectivity index (χ2n) is 1.87. The van der Waals surface area contributed by atoms with Gasteiger partial charge in [-0.1, -0.05) is 0 Å². The summed E-state index contributed by atoms with van der Waals surface area (Å²) in [5.41, 5.74) is 1.35. The van der Waals surface area contributed by atoms with Crippen molar-refractivity contribution in [2.24, 2.45) is 0 Å². The second-order valence-corrected chi connectivity index (χ2v) is 4.11. The molecule has 41 valence electrons. The van der Waals surface area contributed by atoms with Crippen molar-refractivity contribution in [2.45, 2.75) is 6.92 Å². The van der Waals surface area contributed by atoms with Crippen LogP contribution in [0, 0.1) is 6.92 Å². The first-order valence-electron chi connectivity index (χ1n) is 2.57. The van der Waals surface area contributed by atoms with Gasteiger partial charge in [0.15, 0.2) is 0 Å². The van der Waals surface area contributed by atoms with Crippen LogP contribution < -0.4 is 3.27 Å². The maximum absolute atomic E-state index is 2.18. The number of hydrogen-bond donors (Lipinski definition) is 0. The number of hydrogen-bond acceptors (Lipinski definition) is 0. The Labute approximate surface area is 64.8 Å². The SMILES string of the molecule is Cc1cc[c]([BiH])cc1. The molecule has 8 heavy (non-hydrogen) atoms. The molecule has 0 amide bonds. The van der Waals surface area contributed by atoms with E-state index in [1.54, 1.807) is 0 Å². The minimum atomic E-state index is 1.17. The Bertz CT molecular complexity index is 143. The quantitative estimate of drug-likeness (QED) is 0.613. The van der Waals surface area contributed by atoms with E-state index in [0.717, 1.165) is 0 Å². The average Bonchev–Trinajstić information content (AvgIpc) is 1.77. The van der Waals surface area contributed by atoms with E-state index < -0.39 is 0 Å². The van der Waals surface area contributed by atoms with E-state index in [1.165, 1.54) is 33.6 Å². The molecule has 1 aromatic rings. The molecule has 1 radical (unpaired) electrons. The third-order valence-electron chi connectivity index (χ3n) is 1.05. The van der Waals surface area contributed by atoms with Crippen LogP contribution in [0.1, 0.15) is 5.56 Å². The molecule has 1 heteroatoms. The Balaban J connectivity index is 3.03. The van der Waals surface area contributed by atoms with Gasteiger partial charge in [-0.3, -0.25) is 0 Å². The molecule has 0 N–H and O–H groups in total. The van der Waals surface area contributed by atoms with Crippen molar-refractivity contribution in [1.29, 1.82) is 0 Å². The van der Waals surface area contributed by atoms with E-state index in [1.807, 2.05) is 0 Å². The zero-order valence-electron chi connectivity index (χ0n) is 4.81. The van der Waals surface area contributed by atoms with Crippen molar-refractivity contribution < 1.29 is 0 Å². The van der Waals surface area contributed by atoms with Crippen molar-refractivity contribution in [3.05, 3.63) is 29.8 Å². The number of aryl methyl sites for hydroxylation is 1. The van der Waals surface area contributed by atoms with Crippen LogP contribution >= 0.6 is 0 Å². The van der Waals surface area contributed by atoms with E-state index in [0.29, 0.717) is 0 Å². The molecule has 0 aliphatic carbocycles. The first kappa shape index (κ1) is 6.23. The fourth-order valence-electron chi connectivity index (χ4n) is 0.554. The Morgan fingerprint density at radius 3 is 2.00 bits per heavy atom. The van der Waals surface area contributed by atoms with Gasteiger partial charge in [0.2, 0.25) is 0 Å². The van der Waals surface area contributed by atoms with E-state index in [-0.39, 0.29) is 0 Å². The van der Waals surface area contributed by atoms with Crippen molar-refractivity contribution in [2.75, 3.05) is 0 Å². The van der Waals surface area contributed by atoms with Crippen molar-refractivity contribution >= 4 is 28.0 Å². The van der Waals surface area contributed by atoms with Crippen LogP contribution in [-0.4, -0.2) is 24.7 Å². The van der Waals surface area contributed by atoms with E-state index in [2.05, 4.69) is 31.2 Å². The molecule has 0 saturated heterocycles. The number of rotatable bonds is 0. The zero-order chi connectivity index (χ0) is 5.98. The van der Waals surface area contributed by atoms with Crippen molar-refractivity contribution in [3.63, 3.8) is 0 Å². The van der Waals surface area contributed by atoms with Crippen LogP contribution in [-0.2, 0) is 0 Å². The monoisotopic (exact) mass is 301 g/mol. The van der Waals surface area contributed by atoms with Crippen LogP contribution in [0.4, 0.5) is 0 Å². The van der Waals surface area contributed by atoms with Crippen LogP contribution in [0.15, 0.2) is 24.3 Å². The molecule has 0 heterocycles. The van der Waals surface area contributed by atoms with E-state index in [4.69, 9.17) is 0 Å². The van der Waals surface area contributed by atoms with Crippen LogP contribution in [0.5, 0.6) is 0 Å². The molecule has 1 rings (SSSR count). The maximum atomic E-state index is 2.18. The third-order valence-corrected chi connectivity index (χ3v) is 2.35.